The zero-order chi connectivity index (χ0) is 21.0. The average Bonchev–Trinajstić information content (AvgIpc) is 3.25. The first-order valence-electron chi connectivity index (χ1n) is 9.09. The predicted octanol–water partition coefficient (Wildman–Crippen LogP) is 2.76. The van der Waals surface area contributed by atoms with Gasteiger partial charge in [0.1, 0.15) is 11.1 Å². The zero-order valence-corrected chi connectivity index (χ0v) is 17.5. The summed E-state index contributed by atoms with van der Waals surface area (Å²) in [7, 11) is -3.60. The Balaban J connectivity index is 1.49. The van der Waals surface area contributed by atoms with Gasteiger partial charge in [0.2, 0.25) is 0 Å². The highest BCUT2D eigenvalue weighted by Gasteiger charge is 2.23. The maximum absolute atomic E-state index is 12.2. The number of fused-ring (bicyclic) bond motifs is 1. The normalized spacial score (nSPS) is 12.8. The summed E-state index contributed by atoms with van der Waals surface area (Å²) >= 11 is 1.37. The van der Waals surface area contributed by atoms with Crippen LogP contribution in [0.1, 0.15) is 34.4 Å². The van der Waals surface area contributed by atoms with E-state index in [0.29, 0.717) is 10.6 Å². The van der Waals surface area contributed by atoms with Crippen LogP contribution in [0.5, 0.6) is 0 Å². The van der Waals surface area contributed by atoms with Crippen molar-refractivity contribution in [2.24, 2.45) is 0 Å². The van der Waals surface area contributed by atoms with Crippen LogP contribution in [-0.4, -0.2) is 32.7 Å². The quantitative estimate of drug-likeness (QED) is 0.673. The van der Waals surface area contributed by atoms with E-state index in [-0.39, 0.29) is 11.3 Å². The summed E-state index contributed by atoms with van der Waals surface area (Å²) in [6.45, 7) is 1.32. The van der Waals surface area contributed by atoms with Gasteiger partial charge in [-0.2, -0.15) is 5.26 Å². The molecule has 7 nitrogen and oxygen atoms in total. The molecule has 0 saturated carbocycles. The van der Waals surface area contributed by atoms with E-state index in [2.05, 4.69) is 11.4 Å². The largest absolute Gasteiger partial charge is 0.456 e. The number of carbonyl (C=O) groups is 2. The topological polar surface area (TPSA) is 113 Å². The molecule has 0 aliphatic heterocycles. The Kier molecular flexibility index (Phi) is 6.35. The maximum atomic E-state index is 12.2. The van der Waals surface area contributed by atoms with E-state index in [4.69, 9.17) is 4.74 Å². The second-order valence-corrected chi connectivity index (χ2v) is 9.98. The third-order valence-electron chi connectivity index (χ3n) is 4.61. The Hall–Kier alpha value is -2.70. The van der Waals surface area contributed by atoms with E-state index in [9.17, 15) is 23.3 Å². The number of nitrogens with one attached hydrogen (secondary N) is 1. The highest BCUT2D eigenvalue weighted by atomic mass is 32.2. The summed E-state index contributed by atoms with van der Waals surface area (Å²) < 4.78 is 29.4. The van der Waals surface area contributed by atoms with Gasteiger partial charge >= 0.3 is 5.97 Å². The van der Waals surface area contributed by atoms with E-state index in [1.807, 2.05) is 6.92 Å². The molecule has 152 valence electrons. The van der Waals surface area contributed by atoms with E-state index < -0.39 is 34.1 Å². The number of nitriles is 1. The standard InChI is InChI=1S/C20H20N2O5S2/c1-13-5-7-14(8-6-13)29(25,26)10-9-19(24)27-12-18(23)22-20-16(11-21)15-3-2-4-17(15)28-20/h5-8H,2-4,9-10,12H2,1H3,(H,22,23). The van der Waals surface area contributed by atoms with E-state index in [0.717, 1.165) is 35.3 Å². The van der Waals surface area contributed by atoms with E-state index in [1.54, 1.807) is 12.1 Å². The molecule has 0 spiro atoms. The smallest absolute Gasteiger partial charge is 0.307 e. The Morgan fingerprint density at radius 3 is 2.66 bits per heavy atom. The van der Waals surface area contributed by atoms with Crippen molar-refractivity contribution in [1.82, 2.24) is 0 Å². The van der Waals surface area contributed by atoms with Crippen molar-refractivity contribution in [1.29, 1.82) is 5.26 Å². The van der Waals surface area contributed by atoms with Gasteiger partial charge in [-0.15, -0.1) is 11.3 Å². The molecule has 1 aliphatic rings. The lowest BCUT2D eigenvalue weighted by Gasteiger charge is -2.07. The summed E-state index contributed by atoms with van der Waals surface area (Å²) in [5.74, 6) is -1.73. The third kappa shape index (κ3) is 5.02. The van der Waals surface area contributed by atoms with Gasteiger partial charge in [-0.3, -0.25) is 9.59 Å². The number of rotatable bonds is 7. The molecular formula is C20H20N2O5S2. The molecule has 0 radical (unpaired) electrons. The van der Waals surface area contributed by atoms with E-state index >= 15 is 0 Å². The predicted molar refractivity (Wildman–Crippen MR) is 108 cm³/mol. The van der Waals surface area contributed by atoms with Crippen LogP contribution in [0.25, 0.3) is 0 Å². The Morgan fingerprint density at radius 2 is 1.97 bits per heavy atom. The lowest BCUT2D eigenvalue weighted by molar-refractivity contribution is -0.146. The van der Waals surface area contributed by atoms with Crippen LogP contribution < -0.4 is 5.32 Å². The first-order valence-corrected chi connectivity index (χ1v) is 11.6. The number of sulfone groups is 1. The second kappa shape index (κ2) is 8.76. The summed E-state index contributed by atoms with van der Waals surface area (Å²) in [4.78, 5) is 25.2. The zero-order valence-electron chi connectivity index (χ0n) is 15.9. The molecule has 1 N–H and O–H groups in total. The molecule has 3 rings (SSSR count). The van der Waals surface area contributed by atoms with Crippen molar-refractivity contribution >= 4 is 38.1 Å². The molecule has 29 heavy (non-hydrogen) atoms. The van der Waals surface area contributed by atoms with Crippen molar-refractivity contribution in [3.63, 3.8) is 0 Å². The first-order chi connectivity index (χ1) is 13.8. The minimum Gasteiger partial charge on any atom is -0.456 e. The molecule has 0 bridgehead atoms. The van der Waals surface area contributed by atoms with Crippen LogP contribution in [-0.2, 0) is 37.0 Å². The number of hydrogen-bond donors (Lipinski definition) is 1. The minimum absolute atomic E-state index is 0.142. The number of benzene rings is 1. The van der Waals surface area contributed by atoms with Crippen molar-refractivity contribution in [3.8, 4) is 6.07 Å². The molecule has 1 aliphatic carbocycles. The molecule has 1 aromatic carbocycles. The monoisotopic (exact) mass is 432 g/mol. The summed E-state index contributed by atoms with van der Waals surface area (Å²) in [5, 5.41) is 12.4. The van der Waals surface area contributed by atoms with Crippen molar-refractivity contribution in [2.45, 2.75) is 37.5 Å². The van der Waals surface area contributed by atoms with Crippen LogP contribution >= 0.6 is 11.3 Å². The third-order valence-corrected chi connectivity index (χ3v) is 7.54. The number of amides is 1. The van der Waals surface area contributed by atoms with Gasteiger partial charge in [0, 0.05) is 4.88 Å². The number of hydrogen-bond acceptors (Lipinski definition) is 7. The maximum Gasteiger partial charge on any atom is 0.307 e. The van der Waals surface area contributed by atoms with Crippen molar-refractivity contribution in [2.75, 3.05) is 17.7 Å². The molecule has 0 atom stereocenters. The molecule has 0 unspecified atom stereocenters. The van der Waals surface area contributed by atoms with Gasteiger partial charge < -0.3 is 10.1 Å². The number of anilines is 1. The molecule has 1 aromatic heterocycles. The Bertz CT molecular complexity index is 1080. The number of ether oxygens (including phenoxy) is 1. The molecule has 2 aromatic rings. The van der Waals surface area contributed by atoms with Gasteiger partial charge in [-0.05, 0) is 43.9 Å². The highest BCUT2D eigenvalue weighted by molar-refractivity contribution is 7.91. The first kappa shape index (κ1) is 21.0. The fraction of sp³-hybridized carbons (Fsp3) is 0.350. The molecule has 0 fully saturated rings. The van der Waals surface area contributed by atoms with Crippen molar-refractivity contribution < 1.29 is 22.7 Å². The van der Waals surface area contributed by atoms with Crippen LogP contribution in [0.3, 0.4) is 0 Å². The fourth-order valence-corrected chi connectivity index (χ4v) is 5.55. The van der Waals surface area contributed by atoms with Gasteiger partial charge in [0.15, 0.2) is 16.4 Å². The van der Waals surface area contributed by atoms with Crippen LogP contribution in [0.15, 0.2) is 29.2 Å². The number of esters is 1. The summed E-state index contributed by atoms with van der Waals surface area (Å²) in [6, 6.07) is 8.48. The molecule has 9 heteroatoms. The number of nitrogens with zero attached hydrogens (tertiary/aromatic N) is 1. The van der Waals surface area contributed by atoms with Crippen LogP contribution in [0, 0.1) is 18.3 Å². The number of thiophene rings is 1. The van der Waals surface area contributed by atoms with Crippen molar-refractivity contribution in [3.05, 3.63) is 45.8 Å². The average molecular weight is 433 g/mol. The van der Waals surface area contributed by atoms with E-state index in [1.165, 1.54) is 23.5 Å². The fourth-order valence-electron chi connectivity index (χ4n) is 3.07. The number of aryl methyl sites for hydroxylation is 2. The minimum atomic E-state index is -3.60. The molecule has 1 heterocycles. The van der Waals surface area contributed by atoms with Gasteiger partial charge in [-0.25, -0.2) is 8.42 Å². The lowest BCUT2D eigenvalue weighted by Crippen LogP contribution is -2.22. The summed E-state index contributed by atoms with van der Waals surface area (Å²) in [6.07, 6.45) is 2.39. The molecular weight excluding hydrogens is 412 g/mol. The lowest BCUT2D eigenvalue weighted by atomic mass is 10.1. The SMILES string of the molecule is Cc1ccc(S(=O)(=O)CCC(=O)OCC(=O)Nc2sc3c(c2C#N)CCC3)cc1. The number of carbonyl (C=O) groups excluding carboxylic acids is 2. The van der Waals surface area contributed by atoms with Gasteiger partial charge in [0.25, 0.3) is 5.91 Å². The summed E-state index contributed by atoms with van der Waals surface area (Å²) in [5.41, 5.74) is 2.40. The van der Waals surface area contributed by atoms with Gasteiger partial charge in [-0.1, -0.05) is 17.7 Å². The highest BCUT2D eigenvalue weighted by Crippen LogP contribution is 2.38. The Morgan fingerprint density at radius 1 is 1.24 bits per heavy atom. The Labute approximate surface area is 173 Å². The van der Waals surface area contributed by atoms with Gasteiger partial charge in [0.05, 0.1) is 22.6 Å². The van der Waals surface area contributed by atoms with Crippen LogP contribution in [0.2, 0.25) is 0 Å². The second-order valence-electron chi connectivity index (χ2n) is 6.76. The van der Waals surface area contributed by atoms with Crippen LogP contribution in [0.4, 0.5) is 5.00 Å². The molecule has 1 amide bonds. The molecule has 0 saturated heterocycles.